The molecule has 1 atom stereocenters. The number of nitrogens with zero attached hydrogens (tertiary/aromatic N) is 1. The molecule has 0 bridgehead atoms. The normalized spacial score (nSPS) is 11.7. The quantitative estimate of drug-likeness (QED) is 0.614. The van der Waals surface area contributed by atoms with Crippen molar-refractivity contribution in [3.63, 3.8) is 0 Å². The van der Waals surface area contributed by atoms with Crippen LogP contribution < -0.4 is 10.1 Å². The molecular formula is C21H23Cl3N2O3. The SMILES string of the molecule is CCNC(=O)C(C)N(Cc1ccc(Cl)cc1Cl)C(=O)COc1ccc(Cl)c(C)c1. The summed E-state index contributed by atoms with van der Waals surface area (Å²) in [5, 5.41) is 4.27. The van der Waals surface area contributed by atoms with E-state index in [9.17, 15) is 9.59 Å². The molecule has 156 valence electrons. The van der Waals surface area contributed by atoms with Gasteiger partial charge in [0.25, 0.3) is 5.91 Å². The Morgan fingerprint density at radius 1 is 1.10 bits per heavy atom. The van der Waals surface area contributed by atoms with E-state index in [1.165, 1.54) is 4.90 Å². The maximum Gasteiger partial charge on any atom is 0.261 e. The summed E-state index contributed by atoms with van der Waals surface area (Å²) >= 11 is 18.2. The van der Waals surface area contributed by atoms with Gasteiger partial charge < -0.3 is 15.0 Å². The maximum atomic E-state index is 12.9. The Labute approximate surface area is 185 Å². The Bertz CT molecular complexity index is 889. The first-order valence-electron chi connectivity index (χ1n) is 9.13. The van der Waals surface area contributed by atoms with Gasteiger partial charge in [-0.3, -0.25) is 9.59 Å². The van der Waals surface area contributed by atoms with Crippen molar-refractivity contribution >= 4 is 46.6 Å². The Hall–Kier alpha value is -1.95. The third kappa shape index (κ3) is 6.53. The second kappa shape index (κ2) is 10.7. The number of likely N-dealkylation sites (N-methyl/N-ethyl adjacent to an activating group) is 1. The zero-order valence-corrected chi connectivity index (χ0v) is 18.7. The molecule has 1 unspecified atom stereocenters. The molecule has 0 saturated heterocycles. The second-order valence-electron chi connectivity index (χ2n) is 6.53. The van der Waals surface area contributed by atoms with Gasteiger partial charge in [-0.15, -0.1) is 0 Å². The topological polar surface area (TPSA) is 58.6 Å². The summed E-state index contributed by atoms with van der Waals surface area (Å²) in [7, 11) is 0. The minimum atomic E-state index is -0.704. The van der Waals surface area contributed by atoms with E-state index in [4.69, 9.17) is 39.5 Å². The van der Waals surface area contributed by atoms with Gasteiger partial charge in [0.1, 0.15) is 11.8 Å². The lowest BCUT2D eigenvalue weighted by molar-refractivity contribution is -0.142. The second-order valence-corrected chi connectivity index (χ2v) is 7.78. The summed E-state index contributed by atoms with van der Waals surface area (Å²) in [5.74, 6) is -0.0777. The number of carbonyl (C=O) groups excluding carboxylic acids is 2. The molecule has 0 aromatic heterocycles. The zero-order valence-electron chi connectivity index (χ0n) is 16.5. The molecule has 2 amide bonds. The molecule has 0 spiro atoms. The van der Waals surface area contributed by atoms with Gasteiger partial charge in [0.05, 0.1) is 0 Å². The van der Waals surface area contributed by atoms with Gasteiger partial charge in [-0.25, -0.2) is 0 Å². The Morgan fingerprint density at radius 2 is 1.83 bits per heavy atom. The molecule has 0 fully saturated rings. The first-order chi connectivity index (χ1) is 13.7. The van der Waals surface area contributed by atoms with Gasteiger partial charge in [0.2, 0.25) is 5.91 Å². The molecule has 2 aromatic carbocycles. The fourth-order valence-corrected chi connectivity index (χ4v) is 3.26. The number of hydrogen-bond acceptors (Lipinski definition) is 3. The highest BCUT2D eigenvalue weighted by Crippen LogP contribution is 2.24. The number of rotatable bonds is 8. The van der Waals surface area contributed by atoms with Crippen molar-refractivity contribution in [2.45, 2.75) is 33.4 Å². The van der Waals surface area contributed by atoms with E-state index < -0.39 is 6.04 Å². The molecule has 2 rings (SSSR count). The number of carbonyl (C=O) groups is 2. The Balaban J connectivity index is 2.19. The molecule has 0 aliphatic rings. The lowest BCUT2D eigenvalue weighted by atomic mass is 10.1. The third-order valence-electron chi connectivity index (χ3n) is 4.37. The van der Waals surface area contributed by atoms with Crippen LogP contribution in [0.3, 0.4) is 0 Å². The van der Waals surface area contributed by atoms with Gasteiger partial charge in [-0.2, -0.15) is 0 Å². The molecule has 0 aliphatic carbocycles. The van der Waals surface area contributed by atoms with Crippen molar-refractivity contribution in [1.29, 1.82) is 0 Å². The minimum Gasteiger partial charge on any atom is -0.484 e. The van der Waals surface area contributed by atoms with Crippen molar-refractivity contribution in [2.75, 3.05) is 13.2 Å². The van der Waals surface area contributed by atoms with Crippen molar-refractivity contribution in [3.05, 3.63) is 62.6 Å². The van der Waals surface area contributed by atoms with Gasteiger partial charge in [0, 0.05) is 28.2 Å². The number of halogens is 3. The average Bonchev–Trinajstić information content (AvgIpc) is 2.67. The summed E-state index contributed by atoms with van der Waals surface area (Å²) < 4.78 is 5.63. The van der Waals surface area contributed by atoms with Crippen molar-refractivity contribution in [3.8, 4) is 5.75 Å². The van der Waals surface area contributed by atoms with E-state index in [2.05, 4.69) is 5.32 Å². The highest BCUT2D eigenvalue weighted by molar-refractivity contribution is 6.35. The lowest BCUT2D eigenvalue weighted by Gasteiger charge is -2.29. The smallest absolute Gasteiger partial charge is 0.261 e. The standard InChI is InChI=1S/C21H23Cl3N2O3/c1-4-25-21(28)14(3)26(11-15-5-6-16(22)10-19(15)24)20(27)12-29-17-7-8-18(23)13(2)9-17/h5-10,14H,4,11-12H2,1-3H3,(H,25,28). The van der Waals surface area contributed by atoms with Crippen molar-refractivity contribution in [1.82, 2.24) is 10.2 Å². The average molecular weight is 458 g/mol. The van der Waals surface area contributed by atoms with Gasteiger partial charge in [0.15, 0.2) is 6.61 Å². The molecule has 0 aliphatic heterocycles. The Morgan fingerprint density at radius 3 is 2.45 bits per heavy atom. The van der Waals surface area contributed by atoms with E-state index in [-0.39, 0.29) is 25.0 Å². The predicted octanol–water partition coefficient (Wildman–Crippen LogP) is 4.89. The van der Waals surface area contributed by atoms with Gasteiger partial charge in [-0.05, 0) is 62.2 Å². The molecule has 1 N–H and O–H groups in total. The Kier molecular flexibility index (Phi) is 8.62. The molecule has 0 saturated carbocycles. The van der Waals surface area contributed by atoms with Crippen LogP contribution in [0.4, 0.5) is 0 Å². The number of amides is 2. The number of ether oxygens (including phenoxy) is 1. The van der Waals surface area contributed by atoms with Crippen LogP contribution in [-0.4, -0.2) is 35.9 Å². The minimum absolute atomic E-state index is 0.149. The van der Waals surface area contributed by atoms with E-state index >= 15 is 0 Å². The molecule has 0 radical (unpaired) electrons. The summed E-state index contributed by atoms with van der Waals surface area (Å²) in [4.78, 5) is 26.7. The third-order valence-corrected chi connectivity index (χ3v) is 5.38. The predicted molar refractivity (Wildman–Crippen MR) is 117 cm³/mol. The van der Waals surface area contributed by atoms with E-state index in [1.807, 2.05) is 13.8 Å². The number of aryl methyl sites for hydroxylation is 1. The van der Waals surface area contributed by atoms with Crippen LogP contribution in [-0.2, 0) is 16.1 Å². The van der Waals surface area contributed by atoms with Gasteiger partial charge >= 0.3 is 0 Å². The van der Waals surface area contributed by atoms with Crippen LogP contribution in [0.1, 0.15) is 25.0 Å². The van der Waals surface area contributed by atoms with E-state index in [0.717, 1.165) is 5.56 Å². The fraction of sp³-hybridized carbons (Fsp3) is 0.333. The number of benzene rings is 2. The number of nitrogens with one attached hydrogen (secondary N) is 1. The van der Waals surface area contributed by atoms with Crippen molar-refractivity contribution in [2.24, 2.45) is 0 Å². The number of hydrogen-bond donors (Lipinski definition) is 1. The molecule has 5 nitrogen and oxygen atoms in total. The van der Waals surface area contributed by atoms with Crippen LogP contribution in [0.15, 0.2) is 36.4 Å². The monoisotopic (exact) mass is 456 g/mol. The summed E-state index contributed by atoms with van der Waals surface area (Å²) in [6, 6.07) is 9.47. The first-order valence-corrected chi connectivity index (χ1v) is 10.3. The lowest BCUT2D eigenvalue weighted by Crippen LogP contribution is -2.49. The van der Waals surface area contributed by atoms with E-state index in [0.29, 0.717) is 32.9 Å². The molecule has 8 heteroatoms. The summed E-state index contributed by atoms with van der Waals surface area (Å²) in [6.45, 7) is 5.72. The first kappa shape index (κ1) is 23.3. The van der Waals surface area contributed by atoms with Crippen LogP contribution in [0, 0.1) is 6.92 Å². The fourth-order valence-electron chi connectivity index (χ4n) is 2.67. The van der Waals surface area contributed by atoms with Crippen LogP contribution >= 0.6 is 34.8 Å². The molecule has 29 heavy (non-hydrogen) atoms. The van der Waals surface area contributed by atoms with Crippen LogP contribution in [0.25, 0.3) is 0 Å². The maximum absolute atomic E-state index is 12.9. The summed E-state index contributed by atoms with van der Waals surface area (Å²) in [6.07, 6.45) is 0. The summed E-state index contributed by atoms with van der Waals surface area (Å²) in [5.41, 5.74) is 1.53. The largest absolute Gasteiger partial charge is 0.484 e. The van der Waals surface area contributed by atoms with Crippen molar-refractivity contribution < 1.29 is 14.3 Å². The molecule has 0 heterocycles. The highest BCUT2D eigenvalue weighted by Gasteiger charge is 2.26. The zero-order chi connectivity index (χ0) is 21.6. The van der Waals surface area contributed by atoms with Crippen LogP contribution in [0.2, 0.25) is 15.1 Å². The molecular weight excluding hydrogens is 435 g/mol. The van der Waals surface area contributed by atoms with E-state index in [1.54, 1.807) is 43.3 Å². The highest BCUT2D eigenvalue weighted by atomic mass is 35.5. The van der Waals surface area contributed by atoms with Crippen LogP contribution in [0.5, 0.6) is 5.75 Å². The van der Waals surface area contributed by atoms with Gasteiger partial charge in [-0.1, -0.05) is 40.9 Å². The molecule has 2 aromatic rings.